The van der Waals surface area contributed by atoms with Crippen molar-refractivity contribution in [3.05, 3.63) is 95.6 Å². The van der Waals surface area contributed by atoms with Crippen LogP contribution in [-0.4, -0.2) is 60.3 Å². The zero-order chi connectivity index (χ0) is 27.9. The standard InChI is InChI=1S/C32H35N3O5/c36-30(37)15-14-29(31(38)33-18-23-16-17-35(20-23)19-22-8-2-1-3-9-22)34-32(39)40-21-28-26-12-6-4-10-24(26)25-11-5-7-13-27(25)28/h1-13,23,28-29H,14-21H2,(H,33,38)(H,34,39)(H,36,37). The van der Waals surface area contributed by atoms with E-state index in [9.17, 15) is 19.5 Å². The molecule has 0 aromatic heterocycles. The minimum atomic E-state index is -1.03. The van der Waals surface area contributed by atoms with E-state index in [2.05, 4.69) is 39.8 Å². The minimum Gasteiger partial charge on any atom is -0.481 e. The highest BCUT2D eigenvalue weighted by Crippen LogP contribution is 2.44. The zero-order valence-electron chi connectivity index (χ0n) is 22.4. The van der Waals surface area contributed by atoms with Crippen LogP contribution in [-0.2, 0) is 20.9 Å². The maximum atomic E-state index is 13.0. The number of ether oxygens (including phenoxy) is 1. The molecule has 3 aromatic rings. The van der Waals surface area contributed by atoms with E-state index in [4.69, 9.17) is 4.74 Å². The number of nitrogens with zero attached hydrogens (tertiary/aromatic N) is 1. The van der Waals surface area contributed by atoms with Gasteiger partial charge in [0.2, 0.25) is 5.91 Å². The Balaban J connectivity index is 1.14. The summed E-state index contributed by atoms with van der Waals surface area (Å²) in [4.78, 5) is 39.4. The van der Waals surface area contributed by atoms with Gasteiger partial charge in [0, 0.05) is 32.0 Å². The Kier molecular flexibility index (Phi) is 8.76. The Morgan fingerprint density at radius 3 is 2.25 bits per heavy atom. The average Bonchev–Trinajstić information content (AvgIpc) is 3.55. The predicted octanol–water partition coefficient (Wildman–Crippen LogP) is 4.40. The number of aliphatic carboxylic acids is 1. The van der Waals surface area contributed by atoms with Crippen molar-refractivity contribution >= 4 is 18.0 Å². The number of alkyl carbamates (subject to hydrolysis) is 1. The van der Waals surface area contributed by atoms with Crippen molar-refractivity contribution in [2.24, 2.45) is 5.92 Å². The Hall–Kier alpha value is -4.17. The first-order chi connectivity index (χ1) is 19.5. The monoisotopic (exact) mass is 541 g/mol. The van der Waals surface area contributed by atoms with Crippen LogP contribution in [0.1, 0.15) is 41.9 Å². The second-order valence-corrected chi connectivity index (χ2v) is 10.6. The lowest BCUT2D eigenvalue weighted by molar-refractivity contribution is -0.137. The average molecular weight is 542 g/mol. The largest absolute Gasteiger partial charge is 0.481 e. The van der Waals surface area contributed by atoms with Crippen LogP contribution in [0.25, 0.3) is 11.1 Å². The van der Waals surface area contributed by atoms with Crippen LogP contribution in [0.15, 0.2) is 78.9 Å². The third-order valence-electron chi connectivity index (χ3n) is 7.78. The third-order valence-corrected chi connectivity index (χ3v) is 7.78. The molecule has 40 heavy (non-hydrogen) atoms. The van der Waals surface area contributed by atoms with Crippen molar-refractivity contribution in [2.45, 2.75) is 37.8 Å². The van der Waals surface area contributed by atoms with E-state index in [0.717, 1.165) is 48.3 Å². The number of rotatable bonds is 11. The maximum absolute atomic E-state index is 13.0. The molecule has 0 bridgehead atoms. The molecule has 3 aromatic carbocycles. The summed E-state index contributed by atoms with van der Waals surface area (Å²) in [6.07, 6.45) is -0.0267. The van der Waals surface area contributed by atoms with E-state index < -0.39 is 24.0 Å². The van der Waals surface area contributed by atoms with E-state index >= 15 is 0 Å². The molecule has 1 aliphatic heterocycles. The molecule has 8 heteroatoms. The molecular formula is C32H35N3O5. The second kappa shape index (κ2) is 12.8. The first kappa shape index (κ1) is 27.4. The summed E-state index contributed by atoms with van der Waals surface area (Å²) in [5.74, 6) is -1.23. The lowest BCUT2D eigenvalue weighted by Gasteiger charge is -2.21. The van der Waals surface area contributed by atoms with Gasteiger partial charge in [-0.2, -0.15) is 0 Å². The SMILES string of the molecule is O=C(O)CCC(NC(=O)OCC1c2ccccc2-c2ccccc21)C(=O)NCC1CCN(Cc2ccccc2)C1. The molecule has 2 amide bonds. The molecule has 0 saturated carbocycles. The van der Waals surface area contributed by atoms with Gasteiger partial charge in [-0.3, -0.25) is 14.5 Å². The highest BCUT2D eigenvalue weighted by molar-refractivity contribution is 5.86. The van der Waals surface area contributed by atoms with E-state index in [1.54, 1.807) is 0 Å². The Morgan fingerprint density at radius 2 is 1.57 bits per heavy atom. The second-order valence-electron chi connectivity index (χ2n) is 10.6. The summed E-state index contributed by atoms with van der Waals surface area (Å²) in [6.45, 7) is 3.28. The number of nitrogens with one attached hydrogen (secondary N) is 2. The van der Waals surface area contributed by atoms with Crippen molar-refractivity contribution in [3.63, 3.8) is 0 Å². The highest BCUT2D eigenvalue weighted by atomic mass is 16.5. The maximum Gasteiger partial charge on any atom is 0.407 e. The highest BCUT2D eigenvalue weighted by Gasteiger charge is 2.30. The quantitative estimate of drug-likeness (QED) is 0.332. The Bertz CT molecular complexity index is 1300. The first-order valence-corrected chi connectivity index (χ1v) is 13.8. The lowest BCUT2D eigenvalue weighted by Crippen LogP contribution is -2.48. The fourth-order valence-electron chi connectivity index (χ4n) is 5.75. The minimum absolute atomic E-state index is 0.0177. The topological polar surface area (TPSA) is 108 Å². The van der Waals surface area contributed by atoms with Crippen LogP contribution in [0.5, 0.6) is 0 Å². The van der Waals surface area contributed by atoms with Crippen molar-refractivity contribution in [3.8, 4) is 11.1 Å². The number of amides is 2. The molecular weight excluding hydrogens is 506 g/mol. The number of hydrogen-bond acceptors (Lipinski definition) is 5. The molecule has 1 saturated heterocycles. The number of benzene rings is 3. The smallest absolute Gasteiger partial charge is 0.407 e. The van der Waals surface area contributed by atoms with Gasteiger partial charge in [0.1, 0.15) is 12.6 Å². The van der Waals surface area contributed by atoms with E-state index in [1.807, 2.05) is 54.6 Å². The molecule has 0 spiro atoms. The molecule has 1 heterocycles. The van der Waals surface area contributed by atoms with E-state index in [-0.39, 0.29) is 25.4 Å². The summed E-state index contributed by atoms with van der Waals surface area (Å²) in [5.41, 5.74) is 5.69. The predicted molar refractivity (Wildman–Crippen MR) is 152 cm³/mol. The number of fused-ring (bicyclic) bond motifs is 3. The number of carboxylic acid groups (broad SMARTS) is 1. The summed E-state index contributed by atoms with van der Waals surface area (Å²) >= 11 is 0. The summed E-state index contributed by atoms with van der Waals surface area (Å²) < 4.78 is 5.59. The van der Waals surface area contributed by atoms with Crippen molar-refractivity contribution in [2.75, 3.05) is 26.2 Å². The molecule has 8 nitrogen and oxygen atoms in total. The fourth-order valence-corrected chi connectivity index (χ4v) is 5.75. The number of likely N-dealkylation sites (tertiary alicyclic amines) is 1. The summed E-state index contributed by atoms with van der Waals surface area (Å²) in [5, 5.41) is 14.7. The van der Waals surface area contributed by atoms with E-state index in [1.165, 1.54) is 5.56 Å². The van der Waals surface area contributed by atoms with Crippen LogP contribution in [0.3, 0.4) is 0 Å². The molecule has 5 rings (SSSR count). The molecule has 2 unspecified atom stereocenters. The van der Waals surface area contributed by atoms with Gasteiger partial charge in [-0.05, 0) is 53.1 Å². The summed E-state index contributed by atoms with van der Waals surface area (Å²) in [6, 6.07) is 25.4. The van der Waals surface area contributed by atoms with Gasteiger partial charge in [0.05, 0.1) is 0 Å². The normalized spacial score (nSPS) is 17.1. The van der Waals surface area contributed by atoms with Gasteiger partial charge in [-0.15, -0.1) is 0 Å². The zero-order valence-corrected chi connectivity index (χ0v) is 22.4. The lowest BCUT2D eigenvalue weighted by atomic mass is 9.98. The van der Waals surface area contributed by atoms with Gasteiger partial charge >= 0.3 is 12.1 Å². The van der Waals surface area contributed by atoms with Crippen LogP contribution >= 0.6 is 0 Å². The summed E-state index contributed by atoms with van der Waals surface area (Å²) in [7, 11) is 0. The van der Waals surface area contributed by atoms with Crippen molar-refractivity contribution < 1.29 is 24.2 Å². The van der Waals surface area contributed by atoms with Crippen LogP contribution in [0.4, 0.5) is 4.79 Å². The molecule has 1 fully saturated rings. The fraction of sp³-hybridized carbons (Fsp3) is 0.344. The van der Waals surface area contributed by atoms with Crippen LogP contribution in [0.2, 0.25) is 0 Å². The van der Waals surface area contributed by atoms with Crippen molar-refractivity contribution in [1.82, 2.24) is 15.5 Å². The van der Waals surface area contributed by atoms with Gasteiger partial charge in [0.25, 0.3) is 0 Å². The molecule has 0 radical (unpaired) electrons. The Labute approximate surface area is 234 Å². The molecule has 3 N–H and O–H groups in total. The number of hydrogen-bond donors (Lipinski definition) is 3. The molecule has 2 aliphatic rings. The van der Waals surface area contributed by atoms with E-state index in [0.29, 0.717) is 12.5 Å². The van der Waals surface area contributed by atoms with Crippen LogP contribution < -0.4 is 10.6 Å². The first-order valence-electron chi connectivity index (χ1n) is 13.8. The number of carbonyl (C=O) groups excluding carboxylic acids is 2. The number of carbonyl (C=O) groups is 3. The molecule has 1 aliphatic carbocycles. The molecule has 2 atom stereocenters. The molecule has 208 valence electrons. The third kappa shape index (κ3) is 6.69. The van der Waals surface area contributed by atoms with Crippen LogP contribution in [0, 0.1) is 5.92 Å². The van der Waals surface area contributed by atoms with Gasteiger partial charge in [-0.25, -0.2) is 4.79 Å². The van der Waals surface area contributed by atoms with Crippen molar-refractivity contribution in [1.29, 1.82) is 0 Å². The Morgan fingerprint density at radius 1 is 0.925 bits per heavy atom. The van der Waals surface area contributed by atoms with Gasteiger partial charge in [-0.1, -0.05) is 78.9 Å². The van der Waals surface area contributed by atoms with Gasteiger partial charge in [0.15, 0.2) is 0 Å². The van der Waals surface area contributed by atoms with Gasteiger partial charge < -0.3 is 20.5 Å². The number of carboxylic acids is 1.